The van der Waals surface area contributed by atoms with Gasteiger partial charge in [-0.2, -0.15) is 0 Å². The molecule has 0 bridgehead atoms. The van der Waals surface area contributed by atoms with Crippen LogP contribution in [-0.2, 0) is 9.59 Å². The number of halogens is 4. The number of nitrogens with zero attached hydrogens (tertiary/aromatic N) is 6. The Kier molecular flexibility index (Phi) is 8.61. The molecule has 10 nitrogen and oxygen atoms in total. The van der Waals surface area contributed by atoms with Gasteiger partial charge in [0.25, 0.3) is 11.8 Å². The van der Waals surface area contributed by atoms with Gasteiger partial charge in [-0.25, -0.2) is 27.5 Å². The summed E-state index contributed by atoms with van der Waals surface area (Å²) in [6.45, 7) is 1.86. The molecule has 12 rings (SSSR count). The molecule has 2 aromatic heterocycles. The van der Waals surface area contributed by atoms with Gasteiger partial charge < -0.3 is 29.1 Å². The predicted octanol–water partition coefficient (Wildman–Crippen LogP) is 6.98. The van der Waals surface area contributed by atoms with Crippen molar-refractivity contribution in [2.75, 3.05) is 26.2 Å². The third kappa shape index (κ3) is 5.78. The first-order chi connectivity index (χ1) is 28.8. The number of aliphatic hydroxyl groups excluding tert-OH is 2. The summed E-state index contributed by atoms with van der Waals surface area (Å²) < 4.78 is 57.6. The van der Waals surface area contributed by atoms with E-state index >= 15 is 0 Å². The van der Waals surface area contributed by atoms with Crippen LogP contribution < -0.4 is 0 Å². The molecule has 8 aliphatic rings. The van der Waals surface area contributed by atoms with Gasteiger partial charge in [-0.15, -0.1) is 0 Å². The Morgan fingerprint density at radius 2 is 0.950 bits per heavy atom. The summed E-state index contributed by atoms with van der Waals surface area (Å²) in [7, 11) is 0. The number of hydrogen-bond acceptors (Lipinski definition) is 6. The highest BCUT2D eigenvalue weighted by atomic mass is 19.3. The van der Waals surface area contributed by atoms with E-state index < -0.39 is 47.7 Å². The Labute approximate surface area is 345 Å². The summed E-state index contributed by atoms with van der Waals surface area (Å²) in [5.74, 6) is -8.54. The molecule has 2 aromatic carbocycles. The number of aliphatic hydroxyl groups is 2. The van der Waals surface area contributed by atoms with Crippen molar-refractivity contribution >= 4 is 11.8 Å². The number of aromatic nitrogens is 4. The van der Waals surface area contributed by atoms with Crippen molar-refractivity contribution in [1.29, 1.82) is 0 Å². The SMILES string of the molecule is O=C([C@@H]1CC1(F)F)N1CCC2(CC[C@@H]([C@H]3c4ccccc4-c4cncn43)[C@H]2O)CC1.O=C([C@H]1CC1(F)F)N1CCC2(CC[C@@H]([C@H]3c4ccccc4-c4cncn43)[C@H]2O)CC1. The first kappa shape index (κ1) is 38.4. The number of carbonyl (C=O) groups is 2. The van der Waals surface area contributed by atoms with Crippen molar-refractivity contribution in [2.24, 2.45) is 34.5 Å². The maximum atomic E-state index is 13.3. The monoisotopic (exact) mass is 826 g/mol. The van der Waals surface area contributed by atoms with Gasteiger partial charge in [0.05, 0.1) is 60.7 Å². The van der Waals surface area contributed by atoms with E-state index in [0.29, 0.717) is 51.9 Å². The number of likely N-dealkylation sites (tertiary alicyclic amines) is 2. The molecule has 0 radical (unpaired) electrons. The lowest BCUT2D eigenvalue weighted by molar-refractivity contribution is -0.139. The minimum Gasteiger partial charge on any atom is -0.392 e. The Balaban J connectivity index is 0.000000136. The number of fused-ring (bicyclic) bond motifs is 6. The zero-order valence-electron chi connectivity index (χ0n) is 33.4. The first-order valence-electron chi connectivity index (χ1n) is 21.7. The van der Waals surface area contributed by atoms with E-state index in [-0.39, 0.29) is 47.6 Å². The molecular formula is C46H50F4N6O4. The second-order valence-corrected chi connectivity index (χ2v) is 19.1. The zero-order chi connectivity index (χ0) is 41.3. The predicted molar refractivity (Wildman–Crippen MR) is 212 cm³/mol. The largest absolute Gasteiger partial charge is 0.392 e. The van der Waals surface area contributed by atoms with E-state index in [1.165, 1.54) is 22.3 Å². The third-order valence-corrected chi connectivity index (χ3v) is 16.3. The molecule has 4 aromatic rings. The minimum absolute atomic E-state index is 0.0675. The Hall–Kier alpha value is -4.56. The minimum atomic E-state index is -2.82. The van der Waals surface area contributed by atoms with Gasteiger partial charge in [0, 0.05) is 72.8 Å². The maximum absolute atomic E-state index is 13.3. The van der Waals surface area contributed by atoms with Gasteiger partial charge >= 0.3 is 0 Å². The molecule has 4 aliphatic heterocycles. The van der Waals surface area contributed by atoms with Crippen LogP contribution in [0.4, 0.5) is 17.6 Å². The van der Waals surface area contributed by atoms with E-state index in [0.717, 1.165) is 37.1 Å². The van der Waals surface area contributed by atoms with Crippen LogP contribution in [0.2, 0.25) is 0 Å². The summed E-state index contributed by atoms with van der Waals surface area (Å²) in [6.07, 6.45) is 12.2. The van der Waals surface area contributed by atoms with Crippen molar-refractivity contribution in [3.63, 3.8) is 0 Å². The number of piperidine rings is 2. The number of benzene rings is 2. The quantitative estimate of drug-likeness (QED) is 0.215. The fourth-order valence-corrected chi connectivity index (χ4v) is 12.5. The highest BCUT2D eigenvalue weighted by Crippen LogP contribution is 2.59. The van der Waals surface area contributed by atoms with Gasteiger partial charge in [0.1, 0.15) is 11.8 Å². The summed E-state index contributed by atoms with van der Waals surface area (Å²) in [6, 6.07) is 16.8. The Morgan fingerprint density at radius 1 is 0.583 bits per heavy atom. The summed E-state index contributed by atoms with van der Waals surface area (Å²) in [5, 5.41) is 23.0. The van der Waals surface area contributed by atoms with Crippen molar-refractivity contribution in [3.05, 3.63) is 84.7 Å². The number of hydrogen-bond donors (Lipinski definition) is 2. The molecule has 6 heterocycles. The van der Waals surface area contributed by atoms with Crippen molar-refractivity contribution in [3.8, 4) is 22.5 Å². The molecule has 0 unspecified atom stereocenters. The number of carbonyl (C=O) groups excluding carboxylic acids is 2. The second kappa shape index (κ2) is 13.5. The van der Waals surface area contributed by atoms with E-state index in [9.17, 15) is 37.4 Å². The lowest BCUT2D eigenvalue weighted by Crippen LogP contribution is -2.48. The standard InChI is InChI=1S/2C23H25F2N3O2/c2*24-23(25)11-17(23)21(30)27-9-7-22(8-10-27)6-5-16(20(22)29)19-15-4-2-1-3-14(15)18-12-26-13-28(18)19/h2*1-4,12-13,16-17,19-20,29H,5-11H2/t16-,17+,19+,20+;16-,17-,19+,20+/m00/s1. The average molecular weight is 827 g/mol. The van der Waals surface area contributed by atoms with E-state index in [2.05, 4.69) is 43.4 Å². The lowest BCUT2D eigenvalue weighted by Gasteiger charge is -2.43. The van der Waals surface area contributed by atoms with Gasteiger partial charge in [-0.3, -0.25) is 9.59 Å². The van der Waals surface area contributed by atoms with Gasteiger partial charge in [-0.1, -0.05) is 48.5 Å². The molecule has 4 aliphatic carbocycles. The van der Waals surface area contributed by atoms with Gasteiger partial charge in [-0.05, 0) is 62.5 Å². The average Bonchev–Trinajstić information content (AvgIpc) is 3.68. The van der Waals surface area contributed by atoms with Crippen LogP contribution in [0, 0.1) is 34.5 Å². The van der Waals surface area contributed by atoms with E-state index in [4.69, 9.17) is 0 Å². The van der Waals surface area contributed by atoms with Crippen LogP contribution in [-0.4, -0.2) is 101 Å². The molecule has 316 valence electrons. The third-order valence-electron chi connectivity index (χ3n) is 16.3. The summed E-state index contributed by atoms with van der Waals surface area (Å²) in [5.41, 5.74) is 6.55. The van der Waals surface area contributed by atoms with Crippen LogP contribution in [0.5, 0.6) is 0 Å². The van der Waals surface area contributed by atoms with Gasteiger partial charge in [0.2, 0.25) is 11.8 Å². The molecule has 6 fully saturated rings. The van der Waals surface area contributed by atoms with Crippen LogP contribution in [0.1, 0.15) is 87.4 Å². The molecule has 8 atom stereocenters. The summed E-state index contributed by atoms with van der Waals surface area (Å²) in [4.78, 5) is 36.6. The molecule has 2 amide bonds. The molecule has 60 heavy (non-hydrogen) atoms. The smallest absolute Gasteiger partial charge is 0.260 e. The van der Waals surface area contributed by atoms with Crippen LogP contribution >= 0.6 is 0 Å². The van der Waals surface area contributed by atoms with E-state index in [1.807, 2.05) is 49.3 Å². The van der Waals surface area contributed by atoms with Crippen LogP contribution in [0.15, 0.2) is 73.6 Å². The van der Waals surface area contributed by atoms with Crippen molar-refractivity contribution < 1.29 is 37.4 Å². The van der Waals surface area contributed by atoms with Crippen LogP contribution in [0.25, 0.3) is 22.5 Å². The van der Waals surface area contributed by atoms with Crippen LogP contribution in [0.3, 0.4) is 0 Å². The molecule has 4 saturated carbocycles. The zero-order valence-corrected chi connectivity index (χ0v) is 33.4. The topological polar surface area (TPSA) is 117 Å². The Bertz CT molecular complexity index is 2180. The number of imidazole rings is 2. The highest BCUT2D eigenvalue weighted by Gasteiger charge is 2.64. The second-order valence-electron chi connectivity index (χ2n) is 19.1. The van der Waals surface area contributed by atoms with E-state index in [1.54, 1.807) is 9.80 Å². The molecule has 14 heteroatoms. The molecular weight excluding hydrogens is 777 g/mol. The summed E-state index contributed by atoms with van der Waals surface area (Å²) >= 11 is 0. The number of rotatable bonds is 4. The molecule has 2 spiro atoms. The normalized spacial score (nSPS) is 32.8. The molecule has 2 N–H and O–H groups in total. The highest BCUT2D eigenvalue weighted by molar-refractivity contribution is 5.83. The first-order valence-corrected chi connectivity index (χ1v) is 21.7. The number of amides is 2. The Morgan fingerprint density at radius 3 is 1.32 bits per heavy atom. The fourth-order valence-electron chi connectivity index (χ4n) is 12.5. The van der Waals surface area contributed by atoms with Crippen molar-refractivity contribution in [2.45, 2.75) is 100 Å². The molecule has 2 saturated heterocycles. The maximum Gasteiger partial charge on any atom is 0.260 e. The van der Waals surface area contributed by atoms with Gasteiger partial charge in [0.15, 0.2) is 0 Å². The fraction of sp³-hybridized carbons (Fsp3) is 0.565. The lowest BCUT2D eigenvalue weighted by atomic mass is 9.73. The van der Waals surface area contributed by atoms with Crippen molar-refractivity contribution in [1.82, 2.24) is 28.9 Å². The number of alkyl halides is 4.